The number of pyridine rings is 2. The van der Waals surface area contributed by atoms with Crippen LogP contribution in [0.5, 0.6) is 0 Å². The average Bonchev–Trinajstić information content (AvgIpc) is 2.81. The van der Waals surface area contributed by atoms with Gasteiger partial charge in [-0.25, -0.2) is 4.98 Å². The number of nitrogens with one attached hydrogen (secondary N) is 1. The van der Waals surface area contributed by atoms with E-state index in [1.807, 2.05) is 55.5 Å². The van der Waals surface area contributed by atoms with E-state index in [9.17, 15) is 4.79 Å². The molecule has 1 amide bonds. The topological polar surface area (TPSA) is 67.3 Å². The normalized spacial score (nSPS) is 14.5. The Bertz CT molecular complexity index is 997. The molecular weight excluding hydrogens is 376 g/mol. The average molecular weight is 402 g/mol. The van der Waals surface area contributed by atoms with Crippen LogP contribution in [0.2, 0.25) is 0 Å². The van der Waals surface area contributed by atoms with Crippen LogP contribution in [0, 0.1) is 6.92 Å². The molecule has 0 aliphatic carbocycles. The highest BCUT2D eigenvalue weighted by atomic mass is 16.5. The standard InChI is InChI=1S/C24H26N4O2/c1-17-6-8-19(15-21(17)22-5-3-4-12-25-22)27-24(29)18-7-9-23(26-16-18)28-13-10-20(30-2)11-14-28/h3-9,12,15-16,20H,10-11,13-14H2,1-2H3,(H,27,29). The zero-order valence-electron chi connectivity index (χ0n) is 17.3. The van der Waals surface area contributed by atoms with Gasteiger partial charge in [0.05, 0.1) is 17.4 Å². The molecule has 1 aromatic carbocycles. The fourth-order valence-electron chi connectivity index (χ4n) is 3.73. The summed E-state index contributed by atoms with van der Waals surface area (Å²) >= 11 is 0. The van der Waals surface area contributed by atoms with Gasteiger partial charge in [-0.1, -0.05) is 12.1 Å². The first-order valence-corrected chi connectivity index (χ1v) is 10.2. The highest BCUT2D eigenvalue weighted by molar-refractivity contribution is 6.04. The van der Waals surface area contributed by atoms with E-state index in [1.165, 1.54) is 0 Å². The quantitative estimate of drug-likeness (QED) is 0.688. The van der Waals surface area contributed by atoms with Gasteiger partial charge in [-0.15, -0.1) is 0 Å². The number of aromatic nitrogens is 2. The van der Waals surface area contributed by atoms with Crippen LogP contribution in [0.25, 0.3) is 11.3 Å². The van der Waals surface area contributed by atoms with Gasteiger partial charge >= 0.3 is 0 Å². The van der Waals surface area contributed by atoms with Gasteiger partial charge < -0.3 is 15.0 Å². The summed E-state index contributed by atoms with van der Waals surface area (Å²) in [5, 5.41) is 2.97. The van der Waals surface area contributed by atoms with Gasteiger partial charge in [0.25, 0.3) is 5.91 Å². The maximum Gasteiger partial charge on any atom is 0.257 e. The number of benzene rings is 1. The van der Waals surface area contributed by atoms with Gasteiger partial charge in [-0.05, 0) is 61.7 Å². The number of carbonyl (C=O) groups excluding carboxylic acids is 1. The monoisotopic (exact) mass is 402 g/mol. The number of nitrogens with zero attached hydrogens (tertiary/aromatic N) is 3. The second kappa shape index (κ2) is 9.05. The predicted octanol–water partition coefficient (Wildman–Crippen LogP) is 4.32. The van der Waals surface area contributed by atoms with Crippen LogP contribution in [0.3, 0.4) is 0 Å². The van der Waals surface area contributed by atoms with E-state index in [1.54, 1.807) is 19.5 Å². The van der Waals surface area contributed by atoms with Gasteiger partial charge in [0.15, 0.2) is 0 Å². The van der Waals surface area contributed by atoms with Crippen LogP contribution >= 0.6 is 0 Å². The molecule has 154 valence electrons. The van der Waals surface area contributed by atoms with E-state index >= 15 is 0 Å². The lowest BCUT2D eigenvalue weighted by Gasteiger charge is -2.32. The van der Waals surface area contributed by atoms with E-state index in [2.05, 4.69) is 20.2 Å². The van der Waals surface area contributed by atoms with Crippen molar-refractivity contribution in [3.63, 3.8) is 0 Å². The van der Waals surface area contributed by atoms with Gasteiger partial charge in [0.1, 0.15) is 5.82 Å². The van der Waals surface area contributed by atoms with Crippen molar-refractivity contribution in [2.75, 3.05) is 30.4 Å². The predicted molar refractivity (Wildman–Crippen MR) is 119 cm³/mol. The van der Waals surface area contributed by atoms with Crippen LogP contribution in [-0.2, 0) is 4.74 Å². The summed E-state index contributed by atoms with van der Waals surface area (Å²) in [7, 11) is 1.76. The van der Waals surface area contributed by atoms with E-state index in [0.29, 0.717) is 11.7 Å². The van der Waals surface area contributed by atoms with Crippen molar-refractivity contribution in [2.24, 2.45) is 0 Å². The van der Waals surface area contributed by atoms with Crippen molar-refractivity contribution in [3.05, 3.63) is 72.1 Å². The lowest BCUT2D eigenvalue weighted by Crippen LogP contribution is -2.37. The number of hydrogen-bond donors (Lipinski definition) is 1. The fourth-order valence-corrected chi connectivity index (χ4v) is 3.73. The first-order valence-electron chi connectivity index (χ1n) is 10.2. The Kier molecular flexibility index (Phi) is 6.05. The molecule has 3 heterocycles. The first kappa shape index (κ1) is 20.0. The number of methoxy groups -OCH3 is 1. The molecule has 6 nitrogen and oxygen atoms in total. The molecule has 0 radical (unpaired) electrons. The van der Waals surface area contributed by atoms with Gasteiger partial charge in [0, 0.05) is 43.8 Å². The molecule has 1 N–H and O–H groups in total. The molecule has 0 unspecified atom stereocenters. The van der Waals surface area contributed by atoms with Crippen molar-refractivity contribution >= 4 is 17.4 Å². The molecule has 6 heteroatoms. The summed E-state index contributed by atoms with van der Waals surface area (Å²) in [6.45, 7) is 3.86. The van der Waals surface area contributed by atoms with Gasteiger partial charge in [0.2, 0.25) is 0 Å². The molecule has 2 aromatic heterocycles. The van der Waals surface area contributed by atoms with E-state index in [0.717, 1.165) is 54.3 Å². The van der Waals surface area contributed by atoms with Crippen molar-refractivity contribution in [1.82, 2.24) is 9.97 Å². The van der Waals surface area contributed by atoms with Gasteiger partial charge in [-0.3, -0.25) is 9.78 Å². The fraction of sp³-hybridized carbons (Fsp3) is 0.292. The number of ether oxygens (including phenoxy) is 1. The third-order valence-electron chi connectivity index (χ3n) is 5.55. The Morgan fingerprint density at radius 1 is 1.10 bits per heavy atom. The third-order valence-corrected chi connectivity index (χ3v) is 5.55. The number of rotatable bonds is 5. The van der Waals surface area contributed by atoms with Crippen LogP contribution < -0.4 is 10.2 Å². The number of anilines is 2. The van der Waals surface area contributed by atoms with Gasteiger partial charge in [-0.2, -0.15) is 0 Å². The summed E-state index contributed by atoms with van der Waals surface area (Å²) in [5.74, 6) is 0.719. The lowest BCUT2D eigenvalue weighted by molar-refractivity contribution is 0.0818. The van der Waals surface area contributed by atoms with Crippen molar-refractivity contribution in [1.29, 1.82) is 0 Å². The van der Waals surface area contributed by atoms with E-state index < -0.39 is 0 Å². The smallest absolute Gasteiger partial charge is 0.257 e. The number of hydrogen-bond acceptors (Lipinski definition) is 5. The summed E-state index contributed by atoms with van der Waals surface area (Å²) in [4.78, 5) is 23.9. The molecule has 3 aromatic rings. The second-order valence-electron chi connectivity index (χ2n) is 7.53. The first-order chi connectivity index (χ1) is 14.6. The number of carbonyl (C=O) groups is 1. The zero-order chi connectivity index (χ0) is 20.9. The molecule has 1 saturated heterocycles. The van der Waals surface area contributed by atoms with Crippen LogP contribution in [0.4, 0.5) is 11.5 Å². The van der Waals surface area contributed by atoms with E-state index in [-0.39, 0.29) is 5.91 Å². The maximum absolute atomic E-state index is 12.7. The Morgan fingerprint density at radius 2 is 1.93 bits per heavy atom. The Morgan fingerprint density at radius 3 is 2.60 bits per heavy atom. The molecular formula is C24H26N4O2. The lowest BCUT2D eigenvalue weighted by atomic mass is 10.0. The molecule has 30 heavy (non-hydrogen) atoms. The van der Waals surface area contributed by atoms with Crippen molar-refractivity contribution in [3.8, 4) is 11.3 Å². The van der Waals surface area contributed by atoms with Crippen LogP contribution in [0.15, 0.2) is 60.9 Å². The third kappa shape index (κ3) is 4.49. The molecule has 1 fully saturated rings. The van der Waals surface area contributed by atoms with Crippen LogP contribution in [0.1, 0.15) is 28.8 Å². The minimum absolute atomic E-state index is 0.178. The minimum atomic E-state index is -0.178. The minimum Gasteiger partial charge on any atom is -0.381 e. The molecule has 0 spiro atoms. The maximum atomic E-state index is 12.7. The molecule has 0 atom stereocenters. The highest BCUT2D eigenvalue weighted by Crippen LogP contribution is 2.25. The Hall–Kier alpha value is -3.25. The SMILES string of the molecule is COC1CCN(c2ccc(C(=O)Nc3ccc(C)c(-c4ccccn4)c3)cn2)CC1. The highest BCUT2D eigenvalue weighted by Gasteiger charge is 2.20. The summed E-state index contributed by atoms with van der Waals surface area (Å²) < 4.78 is 5.42. The Balaban J connectivity index is 1.44. The Labute approximate surface area is 176 Å². The second-order valence-corrected chi connectivity index (χ2v) is 7.53. The number of amides is 1. The molecule has 0 bridgehead atoms. The molecule has 1 aliphatic rings. The summed E-state index contributed by atoms with van der Waals surface area (Å²) in [5.41, 5.74) is 4.26. The van der Waals surface area contributed by atoms with Crippen molar-refractivity contribution in [2.45, 2.75) is 25.9 Å². The zero-order valence-corrected chi connectivity index (χ0v) is 17.3. The molecule has 1 aliphatic heterocycles. The number of aryl methyl sites for hydroxylation is 1. The molecule has 0 saturated carbocycles. The largest absolute Gasteiger partial charge is 0.381 e. The van der Waals surface area contributed by atoms with E-state index in [4.69, 9.17) is 4.74 Å². The molecule has 4 rings (SSSR count). The van der Waals surface area contributed by atoms with Crippen LogP contribution in [-0.4, -0.2) is 42.2 Å². The summed E-state index contributed by atoms with van der Waals surface area (Å²) in [6, 6.07) is 15.4. The summed E-state index contributed by atoms with van der Waals surface area (Å²) in [6.07, 6.45) is 5.72. The van der Waals surface area contributed by atoms with Crippen molar-refractivity contribution < 1.29 is 9.53 Å². The number of piperidine rings is 1.